The van der Waals surface area contributed by atoms with Crippen molar-refractivity contribution in [3.63, 3.8) is 0 Å². The van der Waals surface area contributed by atoms with Gasteiger partial charge in [-0.3, -0.25) is 24.6 Å². The number of H-pyrrole nitrogens is 2. The number of benzene rings is 4. The lowest BCUT2D eigenvalue weighted by atomic mass is 10.0. The third-order valence-corrected chi connectivity index (χ3v) is 14.4. The lowest BCUT2D eigenvalue weighted by molar-refractivity contribution is -0.136. The summed E-state index contributed by atoms with van der Waals surface area (Å²) in [5, 5.41) is 48.6. The van der Waals surface area contributed by atoms with Gasteiger partial charge < -0.3 is 10.2 Å². The van der Waals surface area contributed by atoms with Gasteiger partial charge in [-0.1, -0.05) is 132 Å². The summed E-state index contributed by atoms with van der Waals surface area (Å²) in [5.74, 6) is -0.983. The number of carboxylic acid groups (broad SMARTS) is 1. The summed E-state index contributed by atoms with van der Waals surface area (Å²) in [7, 11) is 0. The molecule has 6 aromatic heterocycles. The van der Waals surface area contributed by atoms with Crippen molar-refractivity contribution in [3.05, 3.63) is 173 Å². The van der Waals surface area contributed by atoms with Crippen LogP contribution in [0.1, 0.15) is 33.1 Å². The minimum absolute atomic E-state index is 0.0230. The molecule has 0 bridgehead atoms. The molecule has 0 aliphatic carbocycles. The van der Waals surface area contributed by atoms with Crippen LogP contribution in [0.4, 0.5) is 21.6 Å². The fourth-order valence-corrected chi connectivity index (χ4v) is 10.6. The largest absolute Gasteiger partial charge is 0.481 e. The Morgan fingerprint density at radius 2 is 1.13 bits per heavy atom. The maximum atomic E-state index is 14.2. The first-order valence-electron chi connectivity index (χ1n) is 21.2. The van der Waals surface area contributed by atoms with Gasteiger partial charge in [-0.25, -0.2) is 19.9 Å². The molecular weight excluding hydrogens is 953 g/mol. The van der Waals surface area contributed by atoms with Crippen molar-refractivity contribution in [2.24, 2.45) is 20.5 Å². The Morgan fingerprint density at radius 1 is 0.623 bits per heavy atom. The zero-order chi connectivity index (χ0) is 47.4. The predicted molar refractivity (Wildman–Crippen MR) is 268 cm³/mol. The van der Waals surface area contributed by atoms with Crippen molar-refractivity contribution >= 4 is 73.0 Å². The van der Waals surface area contributed by atoms with Crippen molar-refractivity contribution in [2.75, 3.05) is 0 Å². The molecule has 0 saturated heterocycles. The number of carboxylic acids is 1. The third kappa shape index (κ3) is 9.62. The summed E-state index contributed by atoms with van der Waals surface area (Å²) in [4.78, 5) is 60.1. The molecule has 6 heterocycles. The van der Waals surface area contributed by atoms with E-state index in [0.717, 1.165) is 27.3 Å². The Kier molecular flexibility index (Phi) is 12.8. The zero-order valence-corrected chi connectivity index (χ0v) is 39.4. The summed E-state index contributed by atoms with van der Waals surface area (Å²) in [6.07, 6.45) is 0.286. The van der Waals surface area contributed by atoms with Crippen molar-refractivity contribution in [3.8, 4) is 55.3 Å². The van der Waals surface area contributed by atoms with Crippen molar-refractivity contribution in [1.82, 2.24) is 39.5 Å². The first kappa shape index (κ1) is 44.9. The fourth-order valence-electron chi connectivity index (χ4n) is 7.32. The molecule has 342 valence electrons. The highest BCUT2D eigenvalue weighted by Crippen LogP contribution is 2.36. The number of aromatic amines is 2. The number of nitrogens with zero attached hydrogens (tertiary/aromatic N) is 10. The zero-order valence-electron chi connectivity index (χ0n) is 36.2. The summed E-state index contributed by atoms with van der Waals surface area (Å²) in [6, 6.07) is 36.1. The smallest absolute Gasteiger partial charge is 0.303 e. The molecule has 0 aliphatic heterocycles. The van der Waals surface area contributed by atoms with E-state index in [1.165, 1.54) is 54.7 Å². The van der Waals surface area contributed by atoms with E-state index in [9.17, 15) is 24.6 Å². The molecule has 0 fully saturated rings. The van der Waals surface area contributed by atoms with Gasteiger partial charge in [-0.2, -0.15) is 9.36 Å². The number of aliphatic carboxylic acids is 1. The fraction of sp³-hybridized carbons (Fsp3) is 0.104. The number of azo groups is 2. The molecule has 21 heteroatoms. The minimum Gasteiger partial charge on any atom is -0.481 e. The second-order valence-corrected chi connectivity index (χ2v) is 19.1. The van der Waals surface area contributed by atoms with Crippen LogP contribution in [-0.4, -0.2) is 55.7 Å². The van der Waals surface area contributed by atoms with Crippen LogP contribution >= 0.6 is 45.3 Å². The number of thiazole rings is 4. The van der Waals surface area contributed by atoms with E-state index in [0.29, 0.717) is 61.2 Å². The molecule has 17 nitrogen and oxygen atoms in total. The molecule has 4 N–H and O–H groups in total. The highest BCUT2D eigenvalue weighted by atomic mass is 32.1. The standard InChI is InChI=1S/C48H36N12O5S4/c1-27-37(24-61)69-45(49-27)55-54-42-40(58-60(44(42)65)48-52-35(26-67-48)30-15-7-3-8-16-30)32-19-11-12-28(22-32)23-36-33(20-21-38(62)63)50-46(68-36)56-53-41-39(31-17-9-4-10-18-31)57-59(43(41)64)47-51-34(25-66-47)29-13-5-2-6-14-29/h2-19,22,25-26,57-58,61H,20-21,23-24H2,1H3,(H,62,63). The molecule has 0 aliphatic rings. The summed E-state index contributed by atoms with van der Waals surface area (Å²) in [6.45, 7) is 1.57. The van der Waals surface area contributed by atoms with Gasteiger partial charge in [0.15, 0.2) is 11.4 Å². The molecule has 4 aromatic carbocycles. The van der Waals surface area contributed by atoms with E-state index in [-0.39, 0.29) is 41.1 Å². The van der Waals surface area contributed by atoms with Crippen LogP contribution < -0.4 is 11.1 Å². The third-order valence-electron chi connectivity index (χ3n) is 10.7. The number of rotatable bonds is 16. The Bertz CT molecular complexity index is 3640. The number of nitrogens with one attached hydrogen (secondary N) is 2. The topological polar surface area (TPSA) is 234 Å². The monoisotopic (exact) mass is 988 g/mol. The SMILES string of the molecule is Cc1nc(N=Nc2c(-c3cccc(Cc4sc(N=Nc5c(-c6ccccc6)[nH]n(-c6nc(-c7ccccc7)cs6)c5=O)nc4CCC(=O)O)c3)[nH]n(-c3nc(-c4ccccc4)cs3)c2=O)sc1CO. The maximum absolute atomic E-state index is 14.2. The van der Waals surface area contributed by atoms with Gasteiger partial charge in [0.05, 0.1) is 52.1 Å². The molecule has 10 rings (SSSR count). The van der Waals surface area contributed by atoms with Crippen LogP contribution in [0, 0.1) is 6.92 Å². The number of aryl methyl sites for hydroxylation is 2. The van der Waals surface area contributed by atoms with Gasteiger partial charge in [0.1, 0.15) is 0 Å². The number of aliphatic hydroxyl groups is 1. The van der Waals surface area contributed by atoms with Crippen molar-refractivity contribution < 1.29 is 15.0 Å². The molecule has 0 saturated carbocycles. The van der Waals surface area contributed by atoms with Gasteiger partial charge >= 0.3 is 17.1 Å². The number of carbonyl (C=O) groups is 1. The van der Waals surface area contributed by atoms with Crippen LogP contribution in [0.15, 0.2) is 156 Å². The molecule has 0 atom stereocenters. The minimum atomic E-state index is -0.983. The van der Waals surface area contributed by atoms with E-state index in [2.05, 4.69) is 35.6 Å². The Balaban J connectivity index is 0.990. The molecule has 0 radical (unpaired) electrons. The Labute approximate surface area is 407 Å². The first-order valence-corrected chi connectivity index (χ1v) is 24.6. The number of aromatic nitrogens is 8. The average Bonchev–Trinajstić information content (AvgIpc) is 4.25. The van der Waals surface area contributed by atoms with Gasteiger partial charge in [0, 0.05) is 50.7 Å². The van der Waals surface area contributed by atoms with Gasteiger partial charge in [-0.15, -0.1) is 43.1 Å². The van der Waals surface area contributed by atoms with Gasteiger partial charge in [0.2, 0.25) is 20.5 Å². The van der Waals surface area contributed by atoms with Crippen molar-refractivity contribution in [1.29, 1.82) is 0 Å². The first-order chi connectivity index (χ1) is 33.7. The Morgan fingerprint density at radius 3 is 1.67 bits per heavy atom. The van der Waals surface area contributed by atoms with E-state index >= 15 is 0 Å². The van der Waals surface area contributed by atoms with Crippen LogP contribution in [0.3, 0.4) is 0 Å². The quantitative estimate of drug-likeness (QED) is 0.0673. The summed E-state index contributed by atoms with van der Waals surface area (Å²) >= 11 is 5.02. The second kappa shape index (κ2) is 19.7. The van der Waals surface area contributed by atoms with Crippen molar-refractivity contribution in [2.45, 2.75) is 32.8 Å². The molecule has 0 amide bonds. The van der Waals surface area contributed by atoms with E-state index in [4.69, 9.17) is 15.0 Å². The van der Waals surface area contributed by atoms with Crippen LogP contribution in [0.5, 0.6) is 0 Å². The maximum Gasteiger partial charge on any atom is 0.303 e. The highest BCUT2D eigenvalue weighted by molar-refractivity contribution is 7.15. The molecule has 10 aromatic rings. The molecule has 69 heavy (non-hydrogen) atoms. The van der Waals surface area contributed by atoms with Crippen LogP contribution in [0.2, 0.25) is 0 Å². The summed E-state index contributed by atoms with van der Waals surface area (Å²) < 4.78 is 2.69. The summed E-state index contributed by atoms with van der Waals surface area (Å²) in [5.41, 5.74) is 6.49. The van der Waals surface area contributed by atoms with Crippen LogP contribution in [-0.2, 0) is 24.2 Å². The molecule has 0 unspecified atom stereocenters. The lowest BCUT2D eigenvalue weighted by Crippen LogP contribution is -2.13. The number of hydrogen-bond donors (Lipinski definition) is 4. The van der Waals surface area contributed by atoms with E-state index < -0.39 is 17.1 Å². The van der Waals surface area contributed by atoms with E-state index in [1.807, 2.05) is 126 Å². The van der Waals surface area contributed by atoms with Gasteiger partial charge in [-0.05, 0) is 18.6 Å². The second-order valence-electron chi connectivity index (χ2n) is 15.3. The molecule has 0 spiro atoms. The Hall–Kier alpha value is -7.95. The van der Waals surface area contributed by atoms with Crippen LogP contribution in [0.25, 0.3) is 55.3 Å². The number of aliphatic hydroxyl groups excluding tert-OH is 1. The van der Waals surface area contributed by atoms with Gasteiger partial charge in [0.25, 0.3) is 0 Å². The average molecular weight is 989 g/mol. The van der Waals surface area contributed by atoms with E-state index in [1.54, 1.807) is 6.92 Å². The molecular formula is C48H36N12O5S4. The lowest BCUT2D eigenvalue weighted by Gasteiger charge is -2.05. The predicted octanol–water partition coefficient (Wildman–Crippen LogP) is 11.4. The number of hydrogen-bond acceptors (Lipinski definition) is 16. The highest BCUT2D eigenvalue weighted by Gasteiger charge is 2.23. The normalized spacial score (nSPS) is 11.7.